The molecule has 2 heterocycles. The van der Waals surface area contributed by atoms with Gasteiger partial charge in [-0.15, -0.1) is 0 Å². The minimum absolute atomic E-state index is 0.0330. The third-order valence-electron chi connectivity index (χ3n) is 4.78. The number of rotatable bonds is 5. The SMILES string of the molecule is CC1=NSC(=N[C@@H](CC(C)C)C(=O)NCC#N)C1=c1ccc(=C2C=CN(O)C=C2)cc1. The van der Waals surface area contributed by atoms with Crippen molar-refractivity contribution in [2.75, 3.05) is 6.54 Å². The van der Waals surface area contributed by atoms with Gasteiger partial charge in [0.2, 0.25) is 5.91 Å². The zero-order valence-electron chi connectivity index (χ0n) is 17.7. The van der Waals surface area contributed by atoms with E-state index in [1.54, 1.807) is 12.4 Å². The minimum atomic E-state index is -0.569. The van der Waals surface area contributed by atoms with Crippen LogP contribution in [0.2, 0.25) is 0 Å². The minimum Gasteiger partial charge on any atom is -0.341 e. The van der Waals surface area contributed by atoms with E-state index in [1.807, 2.05) is 63.3 Å². The van der Waals surface area contributed by atoms with Crippen molar-refractivity contribution in [3.05, 3.63) is 59.3 Å². The average Bonchev–Trinajstić information content (AvgIpc) is 3.12. The molecule has 31 heavy (non-hydrogen) atoms. The molecule has 0 aromatic heterocycles. The summed E-state index contributed by atoms with van der Waals surface area (Å²) in [7, 11) is 0. The van der Waals surface area contributed by atoms with Crippen molar-refractivity contribution in [1.82, 2.24) is 10.4 Å². The first-order valence-corrected chi connectivity index (χ1v) is 10.8. The molecule has 2 aliphatic rings. The maximum Gasteiger partial charge on any atom is 0.245 e. The number of carbonyl (C=O) groups excluding carboxylic acids is 1. The molecule has 2 N–H and O–H groups in total. The summed E-state index contributed by atoms with van der Waals surface area (Å²) < 4.78 is 4.47. The van der Waals surface area contributed by atoms with Gasteiger partial charge in [0, 0.05) is 29.9 Å². The summed E-state index contributed by atoms with van der Waals surface area (Å²) in [6.07, 6.45) is 7.43. The van der Waals surface area contributed by atoms with Crippen LogP contribution in [0.5, 0.6) is 0 Å². The molecule has 1 aromatic carbocycles. The summed E-state index contributed by atoms with van der Waals surface area (Å²) in [5.41, 5.74) is 2.77. The number of carbonyl (C=O) groups is 1. The molecule has 3 rings (SSSR count). The van der Waals surface area contributed by atoms with E-state index in [2.05, 4.69) is 9.71 Å². The van der Waals surface area contributed by atoms with Gasteiger partial charge >= 0.3 is 0 Å². The fraction of sp³-hybridized carbons (Fsp3) is 0.304. The molecule has 0 unspecified atom stereocenters. The molecule has 8 heteroatoms. The summed E-state index contributed by atoms with van der Waals surface area (Å²) in [5.74, 6) is 0.0367. The monoisotopic (exact) mass is 435 g/mol. The van der Waals surface area contributed by atoms with Crippen LogP contribution >= 0.6 is 11.9 Å². The second-order valence-corrected chi connectivity index (χ2v) is 8.39. The Bertz CT molecular complexity index is 1100. The lowest BCUT2D eigenvalue weighted by Crippen LogP contribution is -2.35. The van der Waals surface area contributed by atoms with Gasteiger partial charge < -0.3 is 5.32 Å². The zero-order chi connectivity index (χ0) is 22.4. The Hall–Kier alpha value is -3.15. The summed E-state index contributed by atoms with van der Waals surface area (Å²) in [5, 5.41) is 24.5. The highest BCUT2D eigenvalue weighted by Gasteiger charge is 2.25. The molecular weight excluding hydrogens is 410 g/mol. The number of nitrogens with one attached hydrogen (secondary N) is 1. The van der Waals surface area contributed by atoms with E-state index in [1.165, 1.54) is 11.9 Å². The number of hydrogen-bond acceptors (Lipinski definition) is 7. The van der Waals surface area contributed by atoms with E-state index in [9.17, 15) is 10.0 Å². The van der Waals surface area contributed by atoms with Crippen molar-refractivity contribution < 1.29 is 10.0 Å². The third-order valence-corrected chi connectivity index (χ3v) is 5.62. The van der Waals surface area contributed by atoms with Gasteiger partial charge in [0.1, 0.15) is 17.6 Å². The Labute approximate surface area is 186 Å². The molecule has 0 bridgehead atoms. The molecule has 0 spiro atoms. The maximum atomic E-state index is 12.5. The Morgan fingerprint density at radius 3 is 2.52 bits per heavy atom. The molecular formula is C23H25N5O2S. The summed E-state index contributed by atoms with van der Waals surface area (Å²) >= 11 is 1.28. The number of hydrogen-bond donors (Lipinski definition) is 2. The lowest BCUT2D eigenvalue weighted by Gasteiger charge is -2.15. The number of amides is 1. The predicted molar refractivity (Wildman–Crippen MR) is 124 cm³/mol. The quantitative estimate of drug-likeness (QED) is 0.546. The van der Waals surface area contributed by atoms with Crippen molar-refractivity contribution in [2.24, 2.45) is 15.3 Å². The highest BCUT2D eigenvalue weighted by molar-refractivity contribution is 8.15. The van der Waals surface area contributed by atoms with Crippen LogP contribution in [0.3, 0.4) is 0 Å². The summed E-state index contributed by atoms with van der Waals surface area (Å²) in [6.45, 7) is 5.98. The van der Waals surface area contributed by atoms with Gasteiger partial charge in [0.25, 0.3) is 0 Å². The number of allylic oxidation sites excluding steroid dienone is 2. The fourth-order valence-corrected chi connectivity index (χ4v) is 4.12. The number of nitrogens with zero attached hydrogens (tertiary/aromatic N) is 4. The molecule has 160 valence electrons. The standard InChI is InChI=1S/C23H25N5O2S/c1-15(2)14-20(22(29)25-11-10-24)26-23-21(16(3)27-31-23)19-6-4-17(5-7-19)18-8-12-28(30)13-9-18/h4-9,12-13,15,20,30H,11,14H2,1-3H3,(H,25,29)/t20-/m0/s1. The molecule has 0 saturated carbocycles. The van der Waals surface area contributed by atoms with E-state index < -0.39 is 6.04 Å². The van der Waals surface area contributed by atoms with Gasteiger partial charge in [0.05, 0.1) is 11.8 Å². The van der Waals surface area contributed by atoms with Gasteiger partial charge in [-0.3, -0.25) is 15.0 Å². The lowest BCUT2D eigenvalue weighted by molar-refractivity contribution is -0.122. The number of benzene rings is 1. The lowest BCUT2D eigenvalue weighted by atomic mass is 10.0. The number of aliphatic imine (C=N–C) groups is 1. The molecule has 0 aliphatic carbocycles. The van der Waals surface area contributed by atoms with Crippen molar-refractivity contribution in [3.8, 4) is 6.07 Å². The topological polar surface area (TPSA) is 101 Å². The molecule has 1 amide bonds. The number of nitriles is 1. The average molecular weight is 436 g/mol. The molecule has 2 aliphatic heterocycles. The van der Waals surface area contributed by atoms with Gasteiger partial charge in [-0.25, -0.2) is 9.46 Å². The maximum absolute atomic E-state index is 12.5. The number of hydroxylamine groups is 2. The van der Waals surface area contributed by atoms with Gasteiger partial charge in [0.15, 0.2) is 0 Å². The van der Waals surface area contributed by atoms with Crippen LogP contribution in [-0.4, -0.2) is 39.5 Å². The zero-order valence-corrected chi connectivity index (χ0v) is 18.6. The Morgan fingerprint density at radius 1 is 1.26 bits per heavy atom. The van der Waals surface area contributed by atoms with Gasteiger partial charge in [-0.05, 0) is 47.4 Å². The van der Waals surface area contributed by atoms with Crippen LogP contribution in [0.25, 0.3) is 11.1 Å². The van der Waals surface area contributed by atoms with Gasteiger partial charge in [-0.1, -0.05) is 38.1 Å². The van der Waals surface area contributed by atoms with Gasteiger partial charge in [-0.2, -0.15) is 5.26 Å². The van der Waals surface area contributed by atoms with E-state index in [0.717, 1.165) is 32.4 Å². The van der Waals surface area contributed by atoms with Crippen LogP contribution in [0, 0.1) is 17.2 Å². The van der Waals surface area contributed by atoms with E-state index >= 15 is 0 Å². The summed E-state index contributed by atoms with van der Waals surface area (Å²) in [6, 6.07) is 9.42. The van der Waals surface area contributed by atoms with E-state index in [0.29, 0.717) is 11.5 Å². The largest absolute Gasteiger partial charge is 0.341 e. The van der Waals surface area contributed by atoms with Crippen LogP contribution in [0.1, 0.15) is 27.2 Å². The predicted octanol–water partition coefficient (Wildman–Crippen LogP) is 2.30. The molecule has 0 fully saturated rings. The Morgan fingerprint density at radius 2 is 1.90 bits per heavy atom. The van der Waals surface area contributed by atoms with Crippen LogP contribution in [0.4, 0.5) is 0 Å². The van der Waals surface area contributed by atoms with Crippen molar-refractivity contribution in [1.29, 1.82) is 5.26 Å². The third kappa shape index (κ3) is 5.72. The van der Waals surface area contributed by atoms with Crippen molar-refractivity contribution in [2.45, 2.75) is 33.2 Å². The van der Waals surface area contributed by atoms with E-state index in [4.69, 9.17) is 10.3 Å². The first-order chi connectivity index (χ1) is 14.9. The van der Waals surface area contributed by atoms with Crippen molar-refractivity contribution in [3.63, 3.8) is 0 Å². The smallest absolute Gasteiger partial charge is 0.245 e. The van der Waals surface area contributed by atoms with Crippen LogP contribution < -0.4 is 15.8 Å². The first-order valence-electron chi connectivity index (χ1n) is 10.0. The second-order valence-electron chi connectivity index (χ2n) is 7.64. The molecule has 1 atom stereocenters. The Balaban J connectivity index is 1.99. The second kappa shape index (κ2) is 10.2. The molecule has 1 aromatic rings. The highest BCUT2D eigenvalue weighted by atomic mass is 32.2. The fourth-order valence-electron chi connectivity index (χ4n) is 3.27. The normalized spacial score (nSPS) is 17.9. The van der Waals surface area contributed by atoms with Crippen LogP contribution in [-0.2, 0) is 4.79 Å². The highest BCUT2D eigenvalue weighted by Crippen LogP contribution is 2.26. The summed E-state index contributed by atoms with van der Waals surface area (Å²) in [4.78, 5) is 17.3. The molecule has 7 nitrogen and oxygen atoms in total. The van der Waals surface area contributed by atoms with Crippen LogP contribution in [0.15, 0.2) is 58.2 Å². The first kappa shape index (κ1) is 22.5. The van der Waals surface area contributed by atoms with Crippen molar-refractivity contribution >= 4 is 39.8 Å². The molecule has 0 saturated heterocycles. The Kier molecular flexibility index (Phi) is 7.45. The molecule has 0 radical (unpaired) electrons. The van der Waals surface area contributed by atoms with E-state index in [-0.39, 0.29) is 18.4 Å².